The Morgan fingerprint density at radius 2 is 2.17 bits per heavy atom. The van der Waals surface area contributed by atoms with Crippen molar-refractivity contribution < 1.29 is 0 Å². The van der Waals surface area contributed by atoms with E-state index in [9.17, 15) is 0 Å². The molecular weight excluding hydrogens is 244 g/mol. The predicted octanol–water partition coefficient (Wildman–Crippen LogP) is 2.85. The Morgan fingerprint density at radius 3 is 2.83 bits per heavy atom. The number of hydrogen-bond acceptors (Lipinski definition) is 5. The molecule has 5 heteroatoms. The summed E-state index contributed by atoms with van der Waals surface area (Å²) in [7, 11) is 0. The molecule has 98 valence electrons. The summed E-state index contributed by atoms with van der Waals surface area (Å²) in [5.41, 5.74) is 6.91. The van der Waals surface area contributed by atoms with E-state index >= 15 is 0 Å². The minimum absolute atomic E-state index is 0.382. The van der Waals surface area contributed by atoms with E-state index in [1.165, 1.54) is 10.4 Å². The number of anilines is 1. The van der Waals surface area contributed by atoms with E-state index in [1.807, 2.05) is 0 Å². The molecule has 2 aromatic heterocycles. The highest BCUT2D eigenvalue weighted by atomic mass is 32.1. The standard InChI is InChI=1S/C13H20N4S/c1-4-10(5-6-14)17-12-11-8(2)9(3)18-13(11)16-7-15-12/h7,10H,4-6,14H2,1-3H3,(H,15,16,17). The number of thiophene rings is 1. The summed E-state index contributed by atoms with van der Waals surface area (Å²) in [5, 5.41) is 4.66. The highest BCUT2D eigenvalue weighted by molar-refractivity contribution is 7.18. The molecule has 0 saturated heterocycles. The zero-order valence-corrected chi connectivity index (χ0v) is 12.0. The molecular formula is C13H20N4S. The van der Waals surface area contributed by atoms with Gasteiger partial charge in [0, 0.05) is 10.9 Å². The molecule has 1 unspecified atom stereocenters. The largest absolute Gasteiger partial charge is 0.367 e. The van der Waals surface area contributed by atoms with Crippen molar-refractivity contribution in [3.05, 3.63) is 16.8 Å². The smallest absolute Gasteiger partial charge is 0.138 e. The summed E-state index contributed by atoms with van der Waals surface area (Å²) in [6.07, 6.45) is 3.64. The van der Waals surface area contributed by atoms with Gasteiger partial charge in [0.25, 0.3) is 0 Å². The van der Waals surface area contributed by atoms with Gasteiger partial charge in [0.1, 0.15) is 17.0 Å². The molecule has 0 aliphatic carbocycles. The third-order valence-electron chi connectivity index (χ3n) is 3.31. The topological polar surface area (TPSA) is 63.8 Å². The van der Waals surface area contributed by atoms with E-state index in [0.29, 0.717) is 12.6 Å². The van der Waals surface area contributed by atoms with Gasteiger partial charge in [-0.2, -0.15) is 0 Å². The molecule has 0 radical (unpaired) electrons. The van der Waals surface area contributed by atoms with Crippen molar-refractivity contribution >= 4 is 27.4 Å². The minimum Gasteiger partial charge on any atom is -0.367 e. The lowest BCUT2D eigenvalue weighted by Gasteiger charge is -2.17. The lowest BCUT2D eigenvalue weighted by molar-refractivity contribution is 0.640. The van der Waals surface area contributed by atoms with E-state index in [4.69, 9.17) is 5.73 Å². The summed E-state index contributed by atoms with van der Waals surface area (Å²) < 4.78 is 0. The second-order valence-electron chi connectivity index (χ2n) is 4.51. The van der Waals surface area contributed by atoms with Crippen molar-refractivity contribution in [3.8, 4) is 0 Å². The third kappa shape index (κ3) is 2.47. The van der Waals surface area contributed by atoms with Gasteiger partial charge < -0.3 is 11.1 Å². The zero-order chi connectivity index (χ0) is 13.1. The SMILES string of the molecule is CCC(CCN)Nc1ncnc2sc(C)c(C)c12. The first-order chi connectivity index (χ1) is 8.67. The first-order valence-corrected chi connectivity index (χ1v) is 7.16. The molecule has 4 nitrogen and oxygen atoms in total. The maximum Gasteiger partial charge on any atom is 0.138 e. The van der Waals surface area contributed by atoms with Crippen LogP contribution in [0.1, 0.15) is 30.2 Å². The highest BCUT2D eigenvalue weighted by Crippen LogP contribution is 2.32. The van der Waals surface area contributed by atoms with E-state index in [0.717, 1.165) is 28.9 Å². The normalized spacial score (nSPS) is 12.9. The van der Waals surface area contributed by atoms with Gasteiger partial charge in [0.2, 0.25) is 0 Å². The Kier molecular flexibility index (Phi) is 4.14. The van der Waals surface area contributed by atoms with Crippen molar-refractivity contribution in [2.24, 2.45) is 5.73 Å². The van der Waals surface area contributed by atoms with Gasteiger partial charge in [0.05, 0.1) is 5.39 Å². The number of nitrogens with two attached hydrogens (primary N) is 1. The fourth-order valence-electron chi connectivity index (χ4n) is 2.06. The fraction of sp³-hybridized carbons (Fsp3) is 0.538. The summed E-state index contributed by atoms with van der Waals surface area (Å²) >= 11 is 1.73. The van der Waals surface area contributed by atoms with Crippen LogP contribution in [0.3, 0.4) is 0 Å². The Hall–Kier alpha value is -1.20. The van der Waals surface area contributed by atoms with Crippen molar-refractivity contribution in [2.45, 2.75) is 39.7 Å². The second kappa shape index (κ2) is 5.63. The molecule has 0 aromatic carbocycles. The van der Waals surface area contributed by atoms with Crippen molar-refractivity contribution in [3.63, 3.8) is 0 Å². The third-order valence-corrected chi connectivity index (χ3v) is 4.43. The highest BCUT2D eigenvalue weighted by Gasteiger charge is 2.14. The van der Waals surface area contributed by atoms with Gasteiger partial charge in [-0.3, -0.25) is 0 Å². The average molecular weight is 264 g/mol. The van der Waals surface area contributed by atoms with E-state index in [-0.39, 0.29) is 0 Å². The lowest BCUT2D eigenvalue weighted by Crippen LogP contribution is -2.22. The summed E-state index contributed by atoms with van der Waals surface area (Å²) in [4.78, 5) is 11.1. The fourth-order valence-corrected chi connectivity index (χ4v) is 3.06. The zero-order valence-electron chi connectivity index (χ0n) is 11.2. The maximum atomic E-state index is 5.63. The van der Waals surface area contributed by atoms with Gasteiger partial charge in [-0.15, -0.1) is 11.3 Å². The van der Waals surface area contributed by atoms with Crippen LogP contribution in [0.15, 0.2) is 6.33 Å². The first-order valence-electron chi connectivity index (χ1n) is 6.34. The van der Waals surface area contributed by atoms with Crippen LogP contribution in [0.2, 0.25) is 0 Å². The molecule has 3 N–H and O–H groups in total. The summed E-state index contributed by atoms with van der Waals surface area (Å²) in [6.45, 7) is 7.12. The first kappa shape index (κ1) is 13.2. The number of aromatic nitrogens is 2. The van der Waals surface area contributed by atoms with Crippen LogP contribution in [0.25, 0.3) is 10.2 Å². The molecule has 0 aliphatic heterocycles. The van der Waals surface area contributed by atoms with E-state index in [2.05, 4.69) is 36.1 Å². The molecule has 0 bridgehead atoms. The number of nitrogens with one attached hydrogen (secondary N) is 1. The quantitative estimate of drug-likeness (QED) is 0.871. The Morgan fingerprint density at radius 1 is 1.39 bits per heavy atom. The van der Waals surface area contributed by atoms with Crippen LogP contribution in [-0.2, 0) is 0 Å². The monoisotopic (exact) mass is 264 g/mol. The van der Waals surface area contributed by atoms with Crippen LogP contribution in [0.4, 0.5) is 5.82 Å². The molecule has 18 heavy (non-hydrogen) atoms. The van der Waals surface area contributed by atoms with Crippen LogP contribution in [-0.4, -0.2) is 22.6 Å². The average Bonchev–Trinajstić information content (AvgIpc) is 2.65. The van der Waals surface area contributed by atoms with Crippen LogP contribution < -0.4 is 11.1 Å². The molecule has 2 aromatic rings. The molecule has 0 fully saturated rings. The summed E-state index contributed by atoms with van der Waals surface area (Å²) in [6, 6.07) is 0.382. The van der Waals surface area contributed by atoms with Gasteiger partial charge >= 0.3 is 0 Å². The molecule has 0 aliphatic rings. The minimum atomic E-state index is 0.382. The Bertz CT molecular complexity index is 535. The number of aryl methyl sites for hydroxylation is 2. The number of hydrogen-bond donors (Lipinski definition) is 2. The molecule has 1 atom stereocenters. The molecule has 0 amide bonds. The Balaban J connectivity index is 2.38. The van der Waals surface area contributed by atoms with Crippen LogP contribution in [0, 0.1) is 13.8 Å². The van der Waals surface area contributed by atoms with Gasteiger partial charge in [0.15, 0.2) is 0 Å². The lowest BCUT2D eigenvalue weighted by atomic mass is 10.1. The summed E-state index contributed by atoms with van der Waals surface area (Å²) in [5.74, 6) is 0.946. The van der Waals surface area contributed by atoms with Gasteiger partial charge in [-0.05, 0) is 38.8 Å². The van der Waals surface area contributed by atoms with E-state index in [1.54, 1.807) is 17.7 Å². The second-order valence-corrected chi connectivity index (χ2v) is 5.72. The van der Waals surface area contributed by atoms with E-state index < -0.39 is 0 Å². The molecule has 2 rings (SSSR count). The number of nitrogens with zero attached hydrogens (tertiary/aromatic N) is 2. The van der Waals surface area contributed by atoms with Gasteiger partial charge in [-0.1, -0.05) is 6.92 Å². The number of fused-ring (bicyclic) bond motifs is 1. The van der Waals surface area contributed by atoms with Crippen molar-refractivity contribution in [1.29, 1.82) is 0 Å². The van der Waals surface area contributed by atoms with Crippen molar-refractivity contribution in [1.82, 2.24) is 9.97 Å². The van der Waals surface area contributed by atoms with Crippen molar-refractivity contribution in [2.75, 3.05) is 11.9 Å². The predicted molar refractivity (Wildman–Crippen MR) is 78.3 cm³/mol. The molecule has 0 spiro atoms. The van der Waals surface area contributed by atoms with Gasteiger partial charge in [-0.25, -0.2) is 9.97 Å². The van der Waals surface area contributed by atoms with Crippen LogP contribution in [0.5, 0.6) is 0 Å². The van der Waals surface area contributed by atoms with Crippen LogP contribution >= 0.6 is 11.3 Å². The molecule has 0 saturated carbocycles. The molecule has 2 heterocycles. The maximum absolute atomic E-state index is 5.63. The Labute approximate surface area is 112 Å². The number of rotatable bonds is 5.